The lowest BCUT2D eigenvalue weighted by molar-refractivity contribution is 0.00572. The van der Waals surface area contributed by atoms with E-state index in [1.807, 2.05) is 24.8 Å². The first kappa shape index (κ1) is 17.5. The van der Waals surface area contributed by atoms with Crippen molar-refractivity contribution in [3.63, 3.8) is 0 Å². The Kier molecular flexibility index (Phi) is 4.30. The fourth-order valence-corrected chi connectivity index (χ4v) is 4.00. The van der Waals surface area contributed by atoms with E-state index < -0.39 is 5.97 Å². The number of hydrogen-bond donors (Lipinski definition) is 0. The first-order valence-corrected chi connectivity index (χ1v) is 9.04. The second kappa shape index (κ2) is 6.64. The number of carbonyl (C=O) groups excluding carboxylic acids is 2. The largest absolute Gasteiger partial charge is 0.465 e. The van der Waals surface area contributed by atoms with E-state index >= 15 is 0 Å². The van der Waals surface area contributed by atoms with Crippen molar-refractivity contribution in [3.8, 4) is 0 Å². The van der Waals surface area contributed by atoms with Crippen molar-refractivity contribution < 1.29 is 14.3 Å². The van der Waals surface area contributed by atoms with Gasteiger partial charge in [0.25, 0.3) is 5.91 Å². The number of methoxy groups -OCH3 is 1. The van der Waals surface area contributed by atoms with E-state index in [4.69, 9.17) is 4.74 Å². The summed E-state index contributed by atoms with van der Waals surface area (Å²) in [5, 5.41) is 0. The van der Waals surface area contributed by atoms with Crippen LogP contribution in [-0.2, 0) is 4.74 Å². The number of hydrogen-bond acceptors (Lipinski definition) is 6. The molecule has 27 heavy (non-hydrogen) atoms. The zero-order valence-corrected chi connectivity index (χ0v) is 15.7. The Morgan fingerprint density at radius 1 is 1.04 bits per heavy atom. The van der Waals surface area contributed by atoms with Gasteiger partial charge in [-0.05, 0) is 44.5 Å². The molecule has 2 aromatic rings. The van der Waals surface area contributed by atoms with Crippen molar-refractivity contribution in [2.24, 2.45) is 0 Å². The van der Waals surface area contributed by atoms with Crippen LogP contribution in [0.3, 0.4) is 0 Å². The third-order valence-corrected chi connectivity index (χ3v) is 5.26. The van der Waals surface area contributed by atoms with E-state index in [1.165, 1.54) is 7.11 Å². The van der Waals surface area contributed by atoms with Crippen molar-refractivity contribution in [2.45, 2.75) is 32.4 Å². The van der Waals surface area contributed by atoms with Crippen LogP contribution in [0.5, 0.6) is 0 Å². The van der Waals surface area contributed by atoms with Crippen LogP contribution in [0.15, 0.2) is 30.3 Å². The highest BCUT2D eigenvalue weighted by Crippen LogP contribution is 2.35. The maximum absolute atomic E-state index is 12.9. The van der Waals surface area contributed by atoms with E-state index in [0.29, 0.717) is 11.1 Å². The molecule has 2 unspecified atom stereocenters. The zero-order chi connectivity index (χ0) is 19.1. The molecule has 3 fully saturated rings. The number of aromatic nitrogens is 2. The molecule has 7 nitrogen and oxygen atoms in total. The molecular weight excluding hydrogens is 344 g/mol. The smallest absolute Gasteiger partial charge is 0.337 e. The van der Waals surface area contributed by atoms with Crippen LogP contribution in [0.2, 0.25) is 0 Å². The minimum atomic E-state index is -0.402. The van der Waals surface area contributed by atoms with E-state index in [9.17, 15) is 9.59 Å². The molecule has 3 saturated heterocycles. The van der Waals surface area contributed by atoms with Gasteiger partial charge in [0.1, 0.15) is 11.6 Å². The summed E-state index contributed by atoms with van der Waals surface area (Å²) in [5.41, 5.74) is 1.99. The molecule has 0 aliphatic carbocycles. The van der Waals surface area contributed by atoms with Gasteiger partial charge in [-0.1, -0.05) is 0 Å². The normalized spacial score (nSPS) is 20.9. The highest BCUT2D eigenvalue weighted by molar-refractivity contribution is 5.97. The van der Waals surface area contributed by atoms with E-state index in [-0.39, 0.29) is 18.0 Å². The summed E-state index contributed by atoms with van der Waals surface area (Å²) in [6, 6.07) is 9.02. The molecule has 5 rings (SSSR count). The molecule has 4 heterocycles. The Labute approximate surface area is 158 Å². The summed E-state index contributed by atoms with van der Waals surface area (Å²) in [7, 11) is 1.34. The number of amides is 1. The van der Waals surface area contributed by atoms with Gasteiger partial charge in [0, 0.05) is 30.4 Å². The predicted molar refractivity (Wildman–Crippen MR) is 99.9 cm³/mol. The lowest BCUT2D eigenvalue weighted by Crippen LogP contribution is -2.70. The number of rotatable bonds is 3. The van der Waals surface area contributed by atoms with E-state index in [2.05, 4.69) is 14.9 Å². The SMILES string of the molecule is COC(=O)c1ccc(C(=O)N2C3CC2CN(c2cc(C)nc(C)n2)C3)cc1. The summed E-state index contributed by atoms with van der Waals surface area (Å²) < 4.78 is 4.70. The molecule has 1 aromatic carbocycles. The number of fused-ring (bicyclic) bond motifs is 2. The molecular formula is C20H22N4O3. The standard InChI is InChI=1S/C20H22N4O3/c1-12-8-18(22-13(2)21-12)23-10-16-9-17(11-23)24(16)19(25)14-4-6-15(7-5-14)20(26)27-3/h4-8,16-17H,9-11H2,1-3H3. The quantitative estimate of drug-likeness (QED) is 0.774. The van der Waals surface area contributed by atoms with Gasteiger partial charge >= 0.3 is 5.97 Å². The van der Waals surface area contributed by atoms with Gasteiger partial charge in [-0.3, -0.25) is 4.79 Å². The summed E-state index contributed by atoms with van der Waals surface area (Å²) in [4.78, 5) is 37.5. The van der Waals surface area contributed by atoms with Crippen molar-refractivity contribution in [1.82, 2.24) is 14.9 Å². The number of piperidine rings is 1. The van der Waals surface area contributed by atoms with Crippen LogP contribution in [0.1, 0.15) is 38.7 Å². The summed E-state index contributed by atoms with van der Waals surface area (Å²) in [6.45, 7) is 5.42. The van der Waals surface area contributed by atoms with Crippen molar-refractivity contribution in [1.29, 1.82) is 0 Å². The Bertz CT molecular complexity index is 864. The second-order valence-corrected chi connectivity index (χ2v) is 7.14. The number of aryl methyl sites for hydroxylation is 2. The average molecular weight is 366 g/mol. The third-order valence-electron chi connectivity index (χ3n) is 5.26. The van der Waals surface area contributed by atoms with Gasteiger partial charge in [-0.2, -0.15) is 0 Å². The topological polar surface area (TPSA) is 75.6 Å². The molecule has 2 bridgehead atoms. The molecule has 0 saturated carbocycles. The number of benzene rings is 1. The molecule has 7 heteroatoms. The number of ether oxygens (including phenoxy) is 1. The molecule has 3 aliphatic rings. The molecule has 2 atom stereocenters. The fourth-order valence-electron chi connectivity index (χ4n) is 4.00. The van der Waals surface area contributed by atoms with Gasteiger partial charge < -0.3 is 14.5 Å². The average Bonchev–Trinajstić information content (AvgIpc) is 2.66. The van der Waals surface area contributed by atoms with Gasteiger partial charge in [0.05, 0.1) is 24.8 Å². The molecule has 1 amide bonds. The van der Waals surface area contributed by atoms with Gasteiger partial charge in [0.15, 0.2) is 0 Å². The van der Waals surface area contributed by atoms with E-state index in [1.54, 1.807) is 24.3 Å². The second-order valence-electron chi connectivity index (χ2n) is 7.14. The fraction of sp³-hybridized carbons (Fsp3) is 0.400. The molecule has 140 valence electrons. The molecule has 0 N–H and O–H groups in total. The highest BCUT2D eigenvalue weighted by Gasteiger charge is 2.47. The minimum absolute atomic E-state index is 0.0161. The van der Waals surface area contributed by atoms with Crippen LogP contribution >= 0.6 is 0 Å². The van der Waals surface area contributed by atoms with Crippen LogP contribution in [0, 0.1) is 13.8 Å². The van der Waals surface area contributed by atoms with Crippen LogP contribution in [0.4, 0.5) is 5.82 Å². The van der Waals surface area contributed by atoms with Crippen LogP contribution < -0.4 is 4.90 Å². The molecule has 3 aliphatic heterocycles. The van der Waals surface area contributed by atoms with Crippen LogP contribution in [-0.4, -0.2) is 59.0 Å². The lowest BCUT2D eigenvalue weighted by atomic mass is 9.86. The van der Waals surface area contributed by atoms with Crippen molar-refractivity contribution in [3.05, 3.63) is 53.0 Å². The maximum atomic E-state index is 12.9. The van der Waals surface area contributed by atoms with Crippen LogP contribution in [0.25, 0.3) is 0 Å². The summed E-state index contributed by atoms with van der Waals surface area (Å²) in [6.07, 6.45) is 1.02. The highest BCUT2D eigenvalue weighted by atomic mass is 16.5. The number of carbonyl (C=O) groups is 2. The minimum Gasteiger partial charge on any atom is -0.465 e. The Hall–Kier alpha value is -2.96. The maximum Gasteiger partial charge on any atom is 0.337 e. The summed E-state index contributed by atoms with van der Waals surface area (Å²) in [5.74, 6) is 1.32. The Morgan fingerprint density at radius 3 is 2.26 bits per heavy atom. The lowest BCUT2D eigenvalue weighted by Gasteiger charge is -2.56. The number of anilines is 1. The monoisotopic (exact) mass is 366 g/mol. The third kappa shape index (κ3) is 3.13. The van der Waals surface area contributed by atoms with E-state index in [0.717, 1.165) is 36.8 Å². The van der Waals surface area contributed by atoms with Crippen molar-refractivity contribution >= 4 is 17.7 Å². The zero-order valence-electron chi connectivity index (χ0n) is 15.7. The Morgan fingerprint density at radius 2 is 1.67 bits per heavy atom. The number of piperazine rings is 1. The van der Waals surface area contributed by atoms with Gasteiger partial charge in [-0.15, -0.1) is 0 Å². The molecule has 0 radical (unpaired) electrons. The first-order valence-electron chi connectivity index (χ1n) is 9.04. The molecule has 0 spiro atoms. The first-order chi connectivity index (χ1) is 13.0. The van der Waals surface area contributed by atoms with Gasteiger partial charge in [0.2, 0.25) is 0 Å². The number of nitrogens with zero attached hydrogens (tertiary/aromatic N) is 4. The Balaban J connectivity index is 1.47. The number of esters is 1. The molecule has 1 aromatic heterocycles. The van der Waals surface area contributed by atoms with Crippen molar-refractivity contribution in [2.75, 3.05) is 25.1 Å². The summed E-state index contributed by atoms with van der Waals surface area (Å²) >= 11 is 0. The van der Waals surface area contributed by atoms with Gasteiger partial charge in [-0.25, -0.2) is 14.8 Å². The predicted octanol–water partition coefficient (Wildman–Crippen LogP) is 1.98.